The molecule has 12 heteroatoms. The lowest BCUT2D eigenvalue weighted by Gasteiger charge is -2.24. The Labute approximate surface area is 319 Å². The molecule has 0 radical (unpaired) electrons. The lowest BCUT2D eigenvalue weighted by molar-refractivity contribution is 0.271. The van der Waals surface area contributed by atoms with Gasteiger partial charge in [-0.05, 0) is 94.8 Å². The molecule has 0 bridgehead atoms. The molecule has 2 heterocycles. The van der Waals surface area contributed by atoms with Gasteiger partial charge in [0.1, 0.15) is 5.75 Å². The van der Waals surface area contributed by atoms with Gasteiger partial charge in [0.25, 0.3) is 20.2 Å². The number of rotatable bonds is 15. The van der Waals surface area contributed by atoms with Crippen molar-refractivity contribution >= 4 is 31.6 Å². The summed E-state index contributed by atoms with van der Waals surface area (Å²) in [6, 6.07) is 30.3. The van der Waals surface area contributed by atoms with Crippen LogP contribution in [0, 0.1) is 0 Å². The number of unbranched alkanes of at least 4 members (excludes halogenated alkanes) is 1. The molecule has 2 aliphatic rings. The maximum Gasteiger partial charge on any atom is 0.266 e. The first-order valence-corrected chi connectivity index (χ1v) is 21.5. The number of anilines is 2. The molecule has 10 nitrogen and oxygen atoms in total. The van der Waals surface area contributed by atoms with Gasteiger partial charge in [0.15, 0.2) is 12.0 Å². The van der Waals surface area contributed by atoms with Gasteiger partial charge in [-0.1, -0.05) is 94.4 Å². The van der Waals surface area contributed by atoms with Gasteiger partial charge in [-0.2, -0.15) is 16.8 Å². The van der Waals surface area contributed by atoms with Crippen molar-refractivity contribution in [3.05, 3.63) is 120 Å². The molecule has 1 atom stereocenters. The minimum atomic E-state index is -4.26. The molecule has 2 aliphatic heterocycles. The molecule has 54 heavy (non-hydrogen) atoms. The maximum absolute atomic E-state index is 11.9. The van der Waals surface area contributed by atoms with Crippen LogP contribution in [0.5, 0.6) is 11.5 Å². The Balaban J connectivity index is 1.32. The summed E-state index contributed by atoms with van der Waals surface area (Å²) >= 11 is 0. The van der Waals surface area contributed by atoms with Gasteiger partial charge in [0.05, 0.1) is 22.9 Å². The first-order valence-electron chi connectivity index (χ1n) is 18.3. The van der Waals surface area contributed by atoms with Gasteiger partial charge >= 0.3 is 0 Å². The van der Waals surface area contributed by atoms with Crippen molar-refractivity contribution in [3.8, 4) is 33.8 Å². The van der Waals surface area contributed by atoms with Crippen LogP contribution in [0.2, 0.25) is 0 Å². The van der Waals surface area contributed by atoms with Crippen LogP contribution in [0.3, 0.4) is 0 Å². The first kappa shape index (κ1) is 39.1. The van der Waals surface area contributed by atoms with E-state index in [1.807, 2.05) is 79.7 Å². The second kappa shape index (κ2) is 16.0. The molecular formula is C42H48N2O8S2. The molecule has 0 aliphatic carbocycles. The Morgan fingerprint density at radius 3 is 1.98 bits per heavy atom. The fourth-order valence-corrected chi connectivity index (χ4v) is 7.66. The Morgan fingerprint density at radius 1 is 0.741 bits per heavy atom. The molecule has 0 saturated heterocycles. The van der Waals surface area contributed by atoms with E-state index in [4.69, 9.17) is 9.47 Å². The number of allylic oxidation sites excluding steroid dienone is 2. The molecule has 0 saturated carbocycles. The fourth-order valence-electron chi connectivity index (χ4n) is 6.67. The van der Waals surface area contributed by atoms with Crippen LogP contribution in [-0.2, 0) is 25.7 Å². The number of ether oxygens (including phenoxy) is 2. The van der Waals surface area contributed by atoms with Gasteiger partial charge in [0, 0.05) is 19.2 Å². The smallest absolute Gasteiger partial charge is 0.266 e. The van der Waals surface area contributed by atoms with Crippen LogP contribution in [0.1, 0.15) is 58.9 Å². The van der Waals surface area contributed by atoms with Crippen LogP contribution < -0.4 is 19.3 Å². The quantitative estimate of drug-likeness (QED) is 0.0892. The summed E-state index contributed by atoms with van der Waals surface area (Å²) in [5.41, 5.74) is 7.77. The van der Waals surface area contributed by atoms with E-state index in [9.17, 15) is 25.9 Å². The average molecular weight is 773 g/mol. The zero-order chi connectivity index (χ0) is 38.7. The van der Waals surface area contributed by atoms with E-state index >= 15 is 0 Å². The minimum absolute atomic E-state index is 0.0299. The predicted octanol–water partition coefficient (Wildman–Crippen LogP) is 8.87. The zero-order valence-electron chi connectivity index (χ0n) is 31.1. The predicted molar refractivity (Wildman–Crippen MR) is 215 cm³/mol. The van der Waals surface area contributed by atoms with Crippen molar-refractivity contribution in [3.63, 3.8) is 0 Å². The lowest BCUT2D eigenvalue weighted by atomic mass is 9.82. The summed E-state index contributed by atoms with van der Waals surface area (Å²) < 4.78 is 78.6. The Kier molecular flexibility index (Phi) is 11.6. The van der Waals surface area contributed by atoms with Crippen LogP contribution in [0.25, 0.3) is 22.3 Å². The lowest BCUT2D eigenvalue weighted by Crippen LogP contribution is -2.34. The summed E-state index contributed by atoms with van der Waals surface area (Å²) in [5.74, 6) is 0.850. The molecule has 0 amide bonds. The Bertz CT molecular complexity index is 2250. The second-order valence-corrected chi connectivity index (χ2v) is 17.5. The van der Waals surface area contributed by atoms with Crippen molar-refractivity contribution in [2.45, 2.75) is 65.0 Å². The van der Waals surface area contributed by atoms with Crippen LogP contribution in [-0.4, -0.2) is 56.8 Å². The normalized spacial score (nSPS) is 16.7. The molecule has 0 spiro atoms. The van der Waals surface area contributed by atoms with Gasteiger partial charge in [0.2, 0.25) is 5.88 Å². The third-order valence-corrected chi connectivity index (χ3v) is 11.7. The van der Waals surface area contributed by atoms with E-state index in [2.05, 4.69) is 56.0 Å². The summed E-state index contributed by atoms with van der Waals surface area (Å²) in [6.45, 7) is 9.10. The summed E-state index contributed by atoms with van der Waals surface area (Å²) in [5, 5.41) is 0. The highest BCUT2D eigenvalue weighted by atomic mass is 32.2. The first-order chi connectivity index (χ1) is 25.6. The van der Waals surface area contributed by atoms with Crippen molar-refractivity contribution in [2.75, 3.05) is 34.4 Å². The zero-order valence-corrected chi connectivity index (χ0v) is 32.7. The highest BCUT2D eigenvalue weighted by Crippen LogP contribution is 2.44. The number of nitrogens with zero attached hydrogens (tertiary/aromatic N) is 2. The van der Waals surface area contributed by atoms with Crippen molar-refractivity contribution < 1.29 is 35.4 Å². The number of hydrogen-bond acceptors (Lipinski definition) is 8. The van der Waals surface area contributed by atoms with E-state index in [1.165, 1.54) is 5.56 Å². The average Bonchev–Trinajstić information content (AvgIpc) is 3.67. The largest absolute Gasteiger partial charge is 0.465 e. The highest BCUT2D eigenvalue weighted by molar-refractivity contribution is 7.86. The molecule has 6 rings (SSSR count). The van der Waals surface area contributed by atoms with E-state index in [0.717, 1.165) is 39.9 Å². The highest BCUT2D eigenvalue weighted by Gasteiger charge is 2.32. The Morgan fingerprint density at radius 2 is 1.35 bits per heavy atom. The van der Waals surface area contributed by atoms with Crippen LogP contribution in [0.4, 0.5) is 11.4 Å². The molecule has 2 N–H and O–H groups in total. The standard InChI is InChI=1S/C42H48N2O8S2/c1-5-30(27-41-44(23-25-54(48,49)50)37-28-33(16-20-39(37)52-41)31-12-8-7-9-13-31)26-40-43(22-10-11-24-53(45,46)47)36-29-34(17-21-38(36)51-40)32-14-18-35(19-15-32)42(3,4)6-2/h7-9,12-21,26-29,40H,5-6,10-11,22-25H2,1-4H3,(H,45,46,47)(H,48,49,50). The SMILES string of the molecule is CCC(=CC1Oc2ccc(-c3ccc(C(C)(C)CC)cc3)cc2N1CCCCS(=O)(=O)O)C=C1Oc2ccc(-c3ccccc3)cc2N1CCS(=O)(=O)O. The molecule has 4 aromatic carbocycles. The van der Waals surface area contributed by atoms with E-state index in [0.29, 0.717) is 42.5 Å². The summed E-state index contributed by atoms with van der Waals surface area (Å²) in [6.07, 6.45) is 5.69. The second-order valence-electron chi connectivity index (χ2n) is 14.4. The van der Waals surface area contributed by atoms with Gasteiger partial charge in [-0.15, -0.1) is 0 Å². The minimum Gasteiger partial charge on any atom is -0.465 e. The van der Waals surface area contributed by atoms with E-state index < -0.39 is 32.2 Å². The van der Waals surface area contributed by atoms with Crippen LogP contribution >= 0.6 is 0 Å². The van der Waals surface area contributed by atoms with Gasteiger partial charge < -0.3 is 19.3 Å². The molecule has 1 unspecified atom stereocenters. The third-order valence-electron chi connectivity index (χ3n) is 10.2. The van der Waals surface area contributed by atoms with Crippen LogP contribution in [0.15, 0.2) is 115 Å². The monoisotopic (exact) mass is 772 g/mol. The number of hydrogen-bond donors (Lipinski definition) is 2. The molecular weight excluding hydrogens is 725 g/mol. The number of benzene rings is 4. The maximum atomic E-state index is 11.9. The molecule has 4 aromatic rings. The fraction of sp³-hybridized carbons (Fsp3) is 0.333. The van der Waals surface area contributed by atoms with E-state index in [-0.39, 0.29) is 24.1 Å². The van der Waals surface area contributed by atoms with Gasteiger partial charge in [-0.3, -0.25) is 9.11 Å². The van der Waals surface area contributed by atoms with Crippen molar-refractivity contribution in [2.24, 2.45) is 0 Å². The molecule has 286 valence electrons. The molecule has 0 aromatic heterocycles. The summed E-state index contributed by atoms with van der Waals surface area (Å²) in [7, 11) is -8.35. The Hall–Kier alpha value is -4.62. The molecule has 0 fully saturated rings. The van der Waals surface area contributed by atoms with Crippen molar-refractivity contribution in [1.29, 1.82) is 0 Å². The van der Waals surface area contributed by atoms with E-state index in [1.54, 1.807) is 4.90 Å². The van der Waals surface area contributed by atoms with Crippen molar-refractivity contribution in [1.82, 2.24) is 0 Å². The third kappa shape index (κ3) is 9.35. The topological polar surface area (TPSA) is 134 Å². The number of fused-ring (bicyclic) bond motifs is 2. The summed E-state index contributed by atoms with van der Waals surface area (Å²) in [4.78, 5) is 3.85. The van der Waals surface area contributed by atoms with Gasteiger partial charge in [-0.25, -0.2) is 0 Å².